The monoisotopic (exact) mass is 729 g/mol. The van der Waals surface area contributed by atoms with Crippen LogP contribution >= 0.6 is 0 Å². The number of hydrogen-bond donors (Lipinski definition) is 4. The SMILES string of the molecule is CC(C)CNC(=O)C(NC(=O)C(C)CC(O)C(CC(C)C)NC(=O)c1cc(C(=O)N(C)C(C)c2ccccc2)cc(N(C)S(C)(=O)=O)c1)C(C)C. The van der Waals surface area contributed by atoms with Crippen LogP contribution < -0.4 is 20.3 Å². The van der Waals surface area contributed by atoms with E-state index in [1.807, 2.05) is 78.8 Å². The number of carbonyl (C=O) groups is 4. The highest BCUT2D eigenvalue weighted by atomic mass is 32.2. The molecule has 13 heteroatoms. The van der Waals surface area contributed by atoms with E-state index in [1.165, 1.54) is 30.1 Å². The van der Waals surface area contributed by atoms with Crippen molar-refractivity contribution in [2.75, 3.05) is 31.2 Å². The van der Waals surface area contributed by atoms with Crippen molar-refractivity contribution in [1.82, 2.24) is 20.9 Å². The number of rotatable bonds is 18. The Morgan fingerprint density at radius 3 is 1.90 bits per heavy atom. The molecule has 2 aromatic rings. The summed E-state index contributed by atoms with van der Waals surface area (Å²) in [4.78, 5) is 55.2. The van der Waals surface area contributed by atoms with Gasteiger partial charge in [-0.25, -0.2) is 8.42 Å². The summed E-state index contributed by atoms with van der Waals surface area (Å²) in [5, 5.41) is 20.0. The maximum Gasteiger partial charge on any atom is 0.254 e. The van der Waals surface area contributed by atoms with Gasteiger partial charge >= 0.3 is 0 Å². The molecule has 0 saturated heterocycles. The van der Waals surface area contributed by atoms with E-state index in [0.29, 0.717) is 13.0 Å². The molecule has 0 aliphatic rings. The van der Waals surface area contributed by atoms with Gasteiger partial charge in [-0.1, -0.05) is 78.8 Å². The molecule has 4 N–H and O–H groups in total. The number of hydrogen-bond acceptors (Lipinski definition) is 7. The highest BCUT2D eigenvalue weighted by Gasteiger charge is 2.31. The van der Waals surface area contributed by atoms with Crippen LogP contribution in [0.15, 0.2) is 48.5 Å². The maximum absolute atomic E-state index is 13.9. The minimum atomic E-state index is -3.75. The fourth-order valence-electron chi connectivity index (χ4n) is 5.52. The van der Waals surface area contributed by atoms with Crippen molar-refractivity contribution in [3.05, 3.63) is 65.2 Å². The van der Waals surface area contributed by atoms with E-state index in [9.17, 15) is 32.7 Å². The van der Waals surface area contributed by atoms with Gasteiger partial charge in [-0.05, 0) is 61.3 Å². The Morgan fingerprint density at radius 2 is 1.37 bits per heavy atom. The van der Waals surface area contributed by atoms with Gasteiger partial charge in [0, 0.05) is 37.7 Å². The number of amides is 4. The van der Waals surface area contributed by atoms with Gasteiger partial charge in [0.1, 0.15) is 6.04 Å². The van der Waals surface area contributed by atoms with Crippen molar-refractivity contribution in [1.29, 1.82) is 0 Å². The minimum absolute atomic E-state index is 0.00465. The molecule has 5 atom stereocenters. The molecule has 0 spiro atoms. The topological polar surface area (TPSA) is 165 Å². The van der Waals surface area contributed by atoms with Crippen LogP contribution in [-0.4, -0.2) is 87.1 Å². The van der Waals surface area contributed by atoms with E-state index in [1.54, 1.807) is 14.0 Å². The van der Waals surface area contributed by atoms with E-state index in [-0.39, 0.29) is 52.9 Å². The number of nitrogens with one attached hydrogen (secondary N) is 3. The molecule has 2 rings (SSSR count). The minimum Gasteiger partial charge on any atom is -0.391 e. The van der Waals surface area contributed by atoms with Gasteiger partial charge in [0.25, 0.3) is 11.8 Å². The Morgan fingerprint density at radius 1 is 0.784 bits per heavy atom. The molecule has 0 heterocycles. The molecule has 4 amide bonds. The van der Waals surface area contributed by atoms with Crippen molar-refractivity contribution in [2.24, 2.45) is 23.7 Å². The van der Waals surface area contributed by atoms with Crippen LogP contribution in [-0.2, 0) is 19.6 Å². The molecule has 0 aromatic heterocycles. The number of aliphatic hydroxyl groups is 1. The van der Waals surface area contributed by atoms with Gasteiger partial charge < -0.3 is 26.0 Å². The summed E-state index contributed by atoms with van der Waals surface area (Å²) in [6.07, 6.45) is 0.272. The summed E-state index contributed by atoms with van der Waals surface area (Å²) < 4.78 is 26.0. The predicted molar refractivity (Wildman–Crippen MR) is 202 cm³/mol. The zero-order chi connectivity index (χ0) is 38.8. The Bertz CT molecular complexity index is 1600. The van der Waals surface area contributed by atoms with E-state index < -0.39 is 51.9 Å². The molecule has 0 bridgehead atoms. The number of benzene rings is 2. The lowest BCUT2D eigenvalue weighted by Gasteiger charge is -2.29. The lowest BCUT2D eigenvalue weighted by atomic mass is 9.91. The van der Waals surface area contributed by atoms with Crippen molar-refractivity contribution in [2.45, 2.75) is 92.5 Å². The smallest absolute Gasteiger partial charge is 0.254 e. The number of anilines is 1. The summed E-state index contributed by atoms with van der Waals surface area (Å²) in [5.74, 6) is -2.25. The molecule has 0 radical (unpaired) electrons. The summed E-state index contributed by atoms with van der Waals surface area (Å²) in [7, 11) is -0.768. The van der Waals surface area contributed by atoms with Gasteiger partial charge in [0.05, 0.1) is 30.1 Å². The van der Waals surface area contributed by atoms with Crippen LogP contribution in [0.4, 0.5) is 5.69 Å². The lowest BCUT2D eigenvalue weighted by Crippen LogP contribution is -2.52. The molecule has 2 aromatic carbocycles. The number of nitrogens with zero attached hydrogens (tertiary/aromatic N) is 2. The molecule has 0 aliphatic carbocycles. The van der Waals surface area contributed by atoms with E-state index >= 15 is 0 Å². The molecule has 51 heavy (non-hydrogen) atoms. The molecular weight excluding hydrogens is 671 g/mol. The molecular formula is C38H59N5O7S. The van der Waals surface area contributed by atoms with Crippen LogP contribution in [0.1, 0.15) is 101 Å². The van der Waals surface area contributed by atoms with Crippen LogP contribution in [0.25, 0.3) is 0 Å². The molecule has 0 fully saturated rings. The van der Waals surface area contributed by atoms with Crippen molar-refractivity contribution >= 4 is 39.3 Å². The summed E-state index contributed by atoms with van der Waals surface area (Å²) >= 11 is 0. The van der Waals surface area contributed by atoms with Crippen molar-refractivity contribution < 1.29 is 32.7 Å². The quantitative estimate of drug-likeness (QED) is 0.177. The normalized spacial score (nSPS) is 14.7. The first kappa shape index (κ1) is 43.2. The molecule has 12 nitrogen and oxygen atoms in total. The number of carbonyl (C=O) groups excluding carboxylic acids is 4. The molecule has 0 aliphatic heterocycles. The van der Waals surface area contributed by atoms with Crippen LogP contribution in [0.3, 0.4) is 0 Å². The first-order chi connectivity index (χ1) is 23.6. The van der Waals surface area contributed by atoms with E-state index in [2.05, 4.69) is 16.0 Å². The van der Waals surface area contributed by atoms with Crippen molar-refractivity contribution in [3.63, 3.8) is 0 Å². The van der Waals surface area contributed by atoms with Gasteiger partial charge in [0.2, 0.25) is 21.8 Å². The fraction of sp³-hybridized carbons (Fsp3) is 0.579. The largest absolute Gasteiger partial charge is 0.391 e. The zero-order valence-electron chi connectivity index (χ0n) is 32.1. The average molecular weight is 730 g/mol. The average Bonchev–Trinajstić information content (AvgIpc) is 3.06. The van der Waals surface area contributed by atoms with Crippen LogP contribution in [0, 0.1) is 23.7 Å². The Hall–Kier alpha value is -3.97. The Balaban J connectivity index is 2.36. The number of sulfonamides is 1. The Kier molecular flexibility index (Phi) is 16.1. The van der Waals surface area contributed by atoms with E-state index in [4.69, 9.17) is 0 Å². The van der Waals surface area contributed by atoms with Crippen molar-refractivity contribution in [3.8, 4) is 0 Å². The standard InChI is InChI=1S/C38H59N5O7S/c1-23(2)17-32(33(44)18-26(7)35(45)41-34(25(5)6)37(47)39-22-24(3)4)40-36(46)29-19-30(21-31(20-29)43(10)51(11,49)50)38(48)42(9)27(8)28-15-13-12-14-16-28/h12-16,19-21,23-27,32-34,44H,17-18,22H2,1-11H3,(H,39,47)(H,40,46)(H,41,45). The molecule has 0 saturated carbocycles. The van der Waals surface area contributed by atoms with Gasteiger partial charge in [-0.3, -0.25) is 23.5 Å². The van der Waals surface area contributed by atoms with Gasteiger partial charge in [-0.2, -0.15) is 0 Å². The maximum atomic E-state index is 13.9. The third-order valence-electron chi connectivity index (χ3n) is 8.95. The highest BCUT2D eigenvalue weighted by molar-refractivity contribution is 7.92. The number of aliphatic hydroxyl groups excluding tert-OH is 1. The van der Waals surface area contributed by atoms with E-state index in [0.717, 1.165) is 16.1 Å². The zero-order valence-corrected chi connectivity index (χ0v) is 32.9. The fourth-order valence-corrected chi connectivity index (χ4v) is 6.01. The highest BCUT2D eigenvalue weighted by Crippen LogP contribution is 2.26. The summed E-state index contributed by atoms with van der Waals surface area (Å²) in [6.45, 7) is 15.5. The second kappa shape index (κ2) is 19.0. The second-order valence-electron chi connectivity index (χ2n) is 14.8. The molecule has 5 unspecified atom stereocenters. The molecule has 284 valence electrons. The van der Waals surface area contributed by atoms with Crippen LogP contribution in [0.5, 0.6) is 0 Å². The Labute approximate surface area is 304 Å². The lowest BCUT2D eigenvalue weighted by molar-refractivity contribution is -0.132. The van der Waals surface area contributed by atoms with Gasteiger partial charge in [0.15, 0.2) is 0 Å². The second-order valence-corrected chi connectivity index (χ2v) is 16.8. The van der Waals surface area contributed by atoms with Crippen LogP contribution in [0.2, 0.25) is 0 Å². The summed E-state index contributed by atoms with van der Waals surface area (Å²) in [5.41, 5.74) is 1.17. The first-order valence-corrected chi connectivity index (χ1v) is 19.5. The predicted octanol–water partition coefficient (Wildman–Crippen LogP) is 4.36. The summed E-state index contributed by atoms with van der Waals surface area (Å²) in [6, 6.07) is 11.8. The third kappa shape index (κ3) is 12.9. The van der Waals surface area contributed by atoms with Gasteiger partial charge in [-0.15, -0.1) is 0 Å². The first-order valence-electron chi connectivity index (χ1n) is 17.6. The third-order valence-corrected chi connectivity index (χ3v) is 10.2.